The molecule has 1 unspecified atom stereocenters. The monoisotopic (exact) mass is 271 g/mol. The number of aliphatic carboxylic acids is 1. The highest BCUT2D eigenvalue weighted by Crippen LogP contribution is 2.34. The molecule has 0 heterocycles. The van der Waals surface area contributed by atoms with E-state index in [9.17, 15) is 14.9 Å². The maximum atomic E-state index is 11.1. The van der Waals surface area contributed by atoms with Crippen molar-refractivity contribution in [1.82, 2.24) is 0 Å². The summed E-state index contributed by atoms with van der Waals surface area (Å²) >= 11 is 5.75. The quantitative estimate of drug-likeness (QED) is 0.659. The van der Waals surface area contributed by atoms with Gasteiger partial charge < -0.3 is 5.11 Å². The Labute approximate surface area is 110 Å². The molecule has 0 aliphatic carbocycles. The molecule has 0 amide bonds. The Hall–Kier alpha value is -1.62. The van der Waals surface area contributed by atoms with E-state index in [0.29, 0.717) is 10.6 Å². The van der Waals surface area contributed by atoms with Crippen molar-refractivity contribution in [2.75, 3.05) is 0 Å². The first-order valence-corrected chi connectivity index (χ1v) is 5.74. The van der Waals surface area contributed by atoms with Gasteiger partial charge >= 0.3 is 5.97 Å². The van der Waals surface area contributed by atoms with E-state index in [0.717, 1.165) is 0 Å². The van der Waals surface area contributed by atoms with Crippen LogP contribution in [0.15, 0.2) is 24.3 Å². The number of carboxylic acids is 1. The van der Waals surface area contributed by atoms with E-state index in [1.807, 2.05) is 0 Å². The van der Waals surface area contributed by atoms with Gasteiger partial charge in [0.25, 0.3) is 0 Å². The summed E-state index contributed by atoms with van der Waals surface area (Å²) in [5.74, 6) is -1.77. The molecule has 0 radical (unpaired) electrons. The molecule has 1 atom stereocenters. The van der Waals surface area contributed by atoms with E-state index in [1.165, 1.54) is 13.8 Å². The zero-order valence-electron chi connectivity index (χ0n) is 10.1. The second kappa shape index (κ2) is 5.35. The average molecular weight is 272 g/mol. The van der Waals surface area contributed by atoms with Crippen LogP contribution >= 0.6 is 11.6 Å². The van der Waals surface area contributed by atoms with Gasteiger partial charge in [0, 0.05) is 23.8 Å². The molecule has 0 aliphatic heterocycles. The largest absolute Gasteiger partial charge is 0.481 e. The van der Waals surface area contributed by atoms with E-state index < -0.39 is 22.3 Å². The third-order valence-corrected chi connectivity index (χ3v) is 3.23. The van der Waals surface area contributed by atoms with Gasteiger partial charge in [-0.2, -0.15) is 0 Å². The van der Waals surface area contributed by atoms with Gasteiger partial charge in [-0.1, -0.05) is 23.7 Å². The van der Waals surface area contributed by atoms with Gasteiger partial charge in [-0.15, -0.1) is 0 Å². The zero-order valence-corrected chi connectivity index (χ0v) is 10.8. The summed E-state index contributed by atoms with van der Waals surface area (Å²) < 4.78 is 0. The number of carbonyl (C=O) groups is 1. The Morgan fingerprint density at radius 3 is 2.33 bits per heavy atom. The lowest BCUT2D eigenvalue weighted by molar-refractivity contribution is -0.565. The van der Waals surface area contributed by atoms with Crippen LogP contribution in [0.3, 0.4) is 0 Å². The summed E-state index contributed by atoms with van der Waals surface area (Å²) in [6, 6.07) is 6.45. The summed E-state index contributed by atoms with van der Waals surface area (Å²) in [7, 11) is 0. The molecule has 0 fully saturated rings. The van der Waals surface area contributed by atoms with E-state index in [-0.39, 0.29) is 6.42 Å². The van der Waals surface area contributed by atoms with Gasteiger partial charge in [0.1, 0.15) is 0 Å². The number of nitrogens with zero attached hydrogens (tertiary/aromatic N) is 1. The van der Waals surface area contributed by atoms with Gasteiger partial charge in [0.05, 0.1) is 12.3 Å². The lowest BCUT2D eigenvalue weighted by Crippen LogP contribution is -2.39. The van der Waals surface area contributed by atoms with Gasteiger partial charge in [0.15, 0.2) is 0 Å². The molecule has 0 bridgehead atoms. The number of rotatable bonds is 5. The molecule has 0 saturated carbocycles. The van der Waals surface area contributed by atoms with Gasteiger partial charge in [-0.25, -0.2) is 0 Å². The fourth-order valence-electron chi connectivity index (χ4n) is 1.77. The minimum Gasteiger partial charge on any atom is -0.481 e. The molecule has 0 aromatic heterocycles. The molecule has 0 spiro atoms. The second-order valence-electron chi connectivity index (χ2n) is 4.61. The van der Waals surface area contributed by atoms with Gasteiger partial charge in [-0.3, -0.25) is 14.9 Å². The Kier molecular flexibility index (Phi) is 4.29. The third-order valence-electron chi connectivity index (χ3n) is 2.97. The summed E-state index contributed by atoms with van der Waals surface area (Å²) in [6.45, 7) is 2.85. The zero-order chi connectivity index (χ0) is 13.9. The van der Waals surface area contributed by atoms with Crippen molar-refractivity contribution >= 4 is 17.6 Å². The highest BCUT2D eigenvalue weighted by Gasteiger charge is 2.42. The van der Waals surface area contributed by atoms with Crippen molar-refractivity contribution in [2.45, 2.75) is 31.7 Å². The first-order chi connectivity index (χ1) is 8.25. The number of benzene rings is 1. The first kappa shape index (κ1) is 14.4. The Morgan fingerprint density at radius 2 is 1.94 bits per heavy atom. The van der Waals surface area contributed by atoms with Crippen LogP contribution in [0, 0.1) is 10.1 Å². The van der Waals surface area contributed by atoms with Crippen molar-refractivity contribution in [3.05, 3.63) is 45.0 Å². The fraction of sp³-hybridized carbons (Fsp3) is 0.417. The molecule has 5 nitrogen and oxygen atoms in total. The van der Waals surface area contributed by atoms with Crippen molar-refractivity contribution in [2.24, 2.45) is 0 Å². The van der Waals surface area contributed by atoms with Crippen molar-refractivity contribution < 1.29 is 14.8 Å². The molecule has 0 saturated heterocycles. The minimum absolute atomic E-state index is 0.296. The summed E-state index contributed by atoms with van der Waals surface area (Å²) in [6.07, 6.45) is -0.296. The predicted molar refractivity (Wildman–Crippen MR) is 67.5 cm³/mol. The number of carboxylic acid groups (broad SMARTS) is 1. The third kappa shape index (κ3) is 3.20. The highest BCUT2D eigenvalue weighted by atomic mass is 35.5. The Bertz CT molecular complexity index is 456. The molecule has 1 N–H and O–H groups in total. The van der Waals surface area contributed by atoms with Crippen LogP contribution in [-0.4, -0.2) is 21.5 Å². The molecule has 0 aliphatic rings. The molecule has 1 aromatic rings. The Balaban J connectivity index is 3.17. The maximum absolute atomic E-state index is 11.1. The number of hydrogen-bond donors (Lipinski definition) is 1. The summed E-state index contributed by atoms with van der Waals surface area (Å²) in [5, 5.41) is 20.5. The van der Waals surface area contributed by atoms with Crippen molar-refractivity contribution in [3.8, 4) is 0 Å². The highest BCUT2D eigenvalue weighted by molar-refractivity contribution is 6.30. The average Bonchev–Trinajstić information content (AvgIpc) is 2.26. The predicted octanol–water partition coefficient (Wildman–Crippen LogP) is 2.95. The van der Waals surface area contributed by atoms with Crippen LogP contribution in [0.2, 0.25) is 5.02 Å². The van der Waals surface area contributed by atoms with E-state index >= 15 is 0 Å². The Morgan fingerprint density at radius 1 is 1.44 bits per heavy atom. The van der Waals surface area contributed by atoms with Gasteiger partial charge in [0.2, 0.25) is 5.54 Å². The van der Waals surface area contributed by atoms with Crippen LogP contribution < -0.4 is 0 Å². The SMILES string of the molecule is CC(C)(C(CC(=O)O)c1ccc(Cl)cc1)[N+](=O)[O-]. The van der Waals surface area contributed by atoms with Gasteiger partial charge in [-0.05, 0) is 17.7 Å². The molecular formula is C12H14ClNO4. The number of hydrogen-bond acceptors (Lipinski definition) is 3. The van der Waals surface area contributed by atoms with E-state index in [4.69, 9.17) is 16.7 Å². The van der Waals surface area contributed by atoms with Crippen LogP contribution in [0.4, 0.5) is 0 Å². The summed E-state index contributed by atoms with van der Waals surface area (Å²) in [5.41, 5.74) is -0.754. The topological polar surface area (TPSA) is 80.4 Å². The van der Waals surface area contributed by atoms with Crippen LogP contribution in [0.1, 0.15) is 31.7 Å². The molecule has 6 heteroatoms. The number of halogens is 1. The van der Waals surface area contributed by atoms with Crippen LogP contribution in [-0.2, 0) is 4.79 Å². The van der Waals surface area contributed by atoms with E-state index in [2.05, 4.69) is 0 Å². The van der Waals surface area contributed by atoms with Crippen molar-refractivity contribution in [3.63, 3.8) is 0 Å². The standard InChI is InChI=1S/C12H14ClNO4/c1-12(2,14(17)18)10(7-11(15)16)8-3-5-9(13)6-4-8/h3-6,10H,7H2,1-2H3,(H,15,16). The molecular weight excluding hydrogens is 258 g/mol. The fourth-order valence-corrected chi connectivity index (χ4v) is 1.90. The molecule has 1 aromatic carbocycles. The lowest BCUT2D eigenvalue weighted by atomic mass is 9.80. The first-order valence-electron chi connectivity index (χ1n) is 5.37. The van der Waals surface area contributed by atoms with E-state index in [1.54, 1.807) is 24.3 Å². The minimum atomic E-state index is -1.35. The maximum Gasteiger partial charge on any atom is 0.304 e. The second-order valence-corrected chi connectivity index (χ2v) is 5.05. The van der Waals surface area contributed by atoms with Crippen molar-refractivity contribution in [1.29, 1.82) is 0 Å². The lowest BCUT2D eigenvalue weighted by Gasteiger charge is -2.26. The number of nitro groups is 1. The smallest absolute Gasteiger partial charge is 0.304 e. The summed E-state index contributed by atoms with van der Waals surface area (Å²) in [4.78, 5) is 21.5. The molecule has 98 valence electrons. The normalized spacial score (nSPS) is 13.1. The van der Waals surface area contributed by atoms with Crippen LogP contribution in [0.5, 0.6) is 0 Å². The van der Waals surface area contributed by atoms with Crippen LogP contribution in [0.25, 0.3) is 0 Å². The molecule has 18 heavy (non-hydrogen) atoms. The molecule has 1 rings (SSSR count).